The van der Waals surface area contributed by atoms with Crippen molar-refractivity contribution in [2.75, 3.05) is 11.9 Å². The van der Waals surface area contributed by atoms with E-state index in [1.165, 1.54) is 11.1 Å². The second-order valence-corrected chi connectivity index (χ2v) is 5.44. The summed E-state index contributed by atoms with van der Waals surface area (Å²) in [6.07, 6.45) is 1.07. The molecular formula is C17H21ClN2. The van der Waals surface area contributed by atoms with Crippen molar-refractivity contribution in [2.45, 2.75) is 26.4 Å². The number of nitrogens with two attached hydrogens (primary N) is 1. The SMILES string of the molecule is CCc1ccc(CN(C)c2ccc(Cl)cc2CN)cc1. The topological polar surface area (TPSA) is 29.3 Å². The molecule has 2 N–H and O–H groups in total. The molecule has 0 aromatic heterocycles. The van der Waals surface area contributed by atoms with E-state index in [1.807, 2.05) is 18.2 Å². The molecule has 2 aromatic carbocycles. The molecule has 0 heterocycles. The van der Waals surface area contributed by atoms with Gasteiger partial charge < -0.3 is 10.6 Å². The van der Waals surface area contributed by atoms with Crippen molar-refractivity contribution in [2.24, 2.45) is 5.73 Å². The van der Waals surface area contributed by atoms with Crippen LogP contribution in [0.3, 0.4) is 0 Å². The molecule has 0 atom stereocenters. The summed E-state index contributed by atoms with van der Waals surface area (Å²) in [6, 6.07) is 14.6. The van der Waals surface area contributed by atoms with Gasteiger partial charge in [0.1, 0.15) is 0 Å². The number of nitrogens with zero attached hydrogens (tertiary/aromatic N) is 1. The minimum atomic E-state index is 0.495. The smallest absolute Gasteiger partial charge is 0.0426 e. The van der Waals surface area contributed by atoms with E-state index >= 15 is 0 Å². The lowest BCUT2D eigenvalue weighted by molar-refractivity contribution is 0.902. The zero-order valence-corrected chi connectivity index (χ0v) is 12.8. The van der Waals surface area contributed by atoms with E-state index in [1.54, 1.807) is 0 Å². The van der Waals surface area contributed by atoms with Gasteiger partial charge >= 0.3 is 0 Å². The first-order valence-electron chi connectivity index (χ1n) is 6.91. The van der Waals surface area contributed by atoms with Gasteiger partial charge in [0.05, 0.1) is 0 Å². The second kappa shape index (κ2) is 6.78. The van der Waals surface area contributed by atoms with Gasteiger partial charge in [-0.3, -0.25) is 0 Å². The molecule has 2 nitrogen and oxygen atoms in total. The van der Waals surface area contributed by atoms with E-state index in [0.717, 1.165) is 29.2 Å². The van der Waals surface area contributed by atoms with E-state index in [4.69, 9.17) is 17.3 Å². The van der Waals surface area contributed by atoms with Gasteiger partial charge in [0.15, 0.2) is 0 Å². The van der Waals surface area contributed by atoms with Crippen molar-refractivity contribution in [3.05, 3.63) is 64.2 Å². The molecule has 0 aliphatic rings. The molecule has 0 unspecified atom stereocenters. The Bertz CT molecular complexity index is 564. The summed E-state index contributed by atoms with van der Waals surface area (Å²) in [6.45, 7) is 3.52. The Morgan fingerprint density at radius 3 is 2.30 bits per heavy atom. The predicted molar refractivity (Wildman–Crippen MR) is 87.3 cm³/mol. The van der Waals surface area contributed by atoms with Gasteiger partial charge in [-0.1, -0.05) is 42.8 Å². The van der Waals surface area contributed by atoms with Gasteiger partial charge in [-0.15, -0.1) is 0 Å². The third-order valence-corrected chi connectivity index (χ3v) is 3.76. The van der Waals surface area contributed by atoms with Gasteiger partial charge in [-0.2, -0.15) is 0 Å². The fourth-order valence-corrected chi connectivity index (χ4v) is 2.52. The van der Waals surface area contributed by atoms with Crippen molar-refractivity contribution < 1.29 is 0 Å². The quantitative estimate of drug-likeness (QED) is 0.901. The molecule has 0 spiro atoms. The first-order chi connectivity index (χ1) is 9.63. The molecule has 2 rings (SSSR count). The fraction of sp³-hybridized carbons (Fsp3) is 0.294. The van der Waals surface area contributed by atoms with Crippen LogP contribution in [0.5, 0.6) is 0 Å². The van der Waals surface area contributed by atoms with Gasteiger partial charge in [-0.25, -0.2) is 0 Å². The lowest BCUT2D eigenvalue weighted by Gasteiger charge is -2.22. The standard InChI is InChI=1S/C17H21ClN2/c1-3-13-4-6-14(7-5-13)12-20(2)17-9-8-16(18)10-15(17)11-19/h4-10H,3,11-12,19H2,1-2H3. The van der Waals surface area contributed by atoms with Crippen LogP contribution < -0.4 is 10.6 Å². The van der Waals surface area contributed by atoms with Crippen LogP contribution >= 0.6 is 11.6 Å². The summed E-state index contributed by atoms with van der Waals surface area (Å²) in [4.78, 5) is 2.21. The van der Waals surface area contributed by atoms with E-state index in [-0.39, 0.29) is 0 Å². The maximum atomic E-state index is 6.02. The summed E-state index contributed by atoms with van der Waals surface area (Å²) >= 11 is 6.02. The molecule has 0 saturated heterocycles. The van der Waals surface area contributed by atoms with Crippen LogP contribution in [-0.2, 0) is 19.5 Å². The molecule has 0 aliphatic heterocycles. The molecule has 3 heteroatoms. The third-order valence-electron chi connectivity index (χ3n) is 3.52. The Morgan fingerprint density at radius 1 is 1.05 bits per heavy atom. The zero-order chi connectivity index (χ0) is 14.5. The first kappa shape index (κ1) is 14.9. The Kier molecular flexibility index (Phi) is 5.05. The molecular weight excluding hydrogens is 268 g/mol. The molecule has 0 bridgehead atoms. The number of rotatable bonds is 5. The number of benzene rings is 2. The second-order valence-electron chi connectivity index (χ2n) is 5.00. The van der Waals surface area contributed by atoms with Crippen LogP contribution in [0.15, 0.2) is 42.5 Å². The lowest BCUT2D eigenvalue weighted by atomic mass is 10.1. The van der Waals surface area contributed by atoms with Crippen molar-refractivity contribution in [1.82, 2.24) is 0 Å². The molecule has 20 heavy (non-hydrogen) atoms. The number of halogens is 1. The average Bonchev–Trinajstić information content (AvgIpc) is 2.47. The molecule has 2 aromatic rings. The van der Waals surface area contributed by atoms with Crippen molar-refractivity contribution in [3.8, 4) is 0 Å². The van der Waals surface area contributed by atoms with Crippen LogP contribution in [0.25, 0.3) is 0 Å². The minimum Gasteiger partial charge on any atom is -0.370 e. The van der Waals surface area contributed by atoms with E-state index in [2.05, 4.69) is 43.1 Å². The highest BCUT2D eigenvalue weighted by Gasteiger charge is 2.08. The highest BCUT2D eigenvalue weighted by Crippen LogP contribution is 2.24. The monoisotopic (exact) mass is 288 g/mol. The number of anilines is 1. The highest BCUT2D eigenvalue weighted by molar-refractivity contribution is 6.30. The highest BCUT2D eigenvalue weighted by atomic mass is 35.5. The van der Waals surface area contributed by atoms with E-state index in [9.17, 15) is 0 Å². The third kappa shape index (κ3) is 3.53. The summed E-state index contributed by atoms with van der Waals surface area (Å²) in [7, 11) is 2.08. The number of aryl methyl sites for hydroxylation is 1. The molecule has 106 valence electrons. The van der Waals surface area contributed by atoms with Crippen molar-refractivity contribution in [1.29, 1.82) is 0 Å². The summed E-state index contributed by atoms with van der Waals surface area (Å²) in [5, 5.41) is 0.731. The molecule has 0 saturated carbocycles. The number of hydrogen-bond acceptors (Lipinski definition) is 2. The van der Waals surface area contributed by atoms with Gasteiger partial charge in [-0.05, 0) is 41.3 Å². The molecule has 0 aliphatic carbocycles. The van der Waals surface area contributed by atoms with Crippen molar-refractivity contribution >= 4 is 17.3 Å². The Morgan fingerprint density at radius 2 is 1.70 bits per heavy atom. The predicted octanol–water partition coefficient (Wildman–Crippen LogP) is 4.00. The van der Waals surface area contributed by atoms with Crippen LogP contribution in [0.1, 0.15) is 23.6 Å². The van der Waals surface area contributed by atoms with Gasteiger partial charge in [0.2, 0.25) is 0 Å². The van der Waals surface area contributed by atoms with Crippen LogP contribution in [0, 0.1) is 0 Å². The summed E-state index contributed by atoms with van der Waals surface area (Å²) in [5.74, 6) is 0. The van der Waals surface area contributed by atoms with E-state index in [0.29, 0.717) is 6.54 Å². The number of hydrogen-bond donors (Lipinski definition) is 1. The Hall–Kier alpha value is -1.51. The van der Waals surface area contributed by atoms with Gasteiger partial charge in [0, 0.05) is 30.8 Å². The largest absolute Gasteiger partial charge is 0.370 e. The molecule has 0 fully saturated rings. The lowest BCUT2D eigenvalue weighted by Crippen LogP contribution is -2.18. The maximum Gasteiger partial charge on any atom is 0.0426 e. The minimum absolute atomic E-state index is 0.495. The van der Waals surface area contributed by atoms with Crippen LogP contribution in [0.4, 0.5) is 5.69 Å². The van der Waals surface area contributed by atoms with Gasteiger partial charge in [0.25, 0.3) is 0 Å². The molecule has 0 radical (unpaired) electrons. The zero-order valence-electron chi connectivity index (χ0n) is 12.1. The summed E-state index contributed by atoms with van der Waals surface area (Å²) < 4.78 is 0. The molecule has 0 amide bonds. The van der Waals surface area contributed by atoms with Crippen LogP contribution in [0.2, 0.25) is 5.02 Å². The summed E-state index contributed by atoms with van der Waals surface area (Å²) in [5.41, 5.74) is 10.7. The average molecular weight is 289 g/mol. The van der Waals surface area contributed by atoms with Crippen LogP contribution in [-0.4, -0.2) is 7.05 Å². The Labute approximate surface area is 126 Å². The Balaban J connectivity index is 2.16. The van der Waals surface area contributed by atoms with Crippen molar-refractivity contribution in [3.63, 3.8) is 0 Å². The van der Waals surface area contributed by atoms with E-state index < -0.39 is 0 Å². The maximum absolute atomic E-state index is 6.02. The first-order valence-corrected chi connectivity index (χ1v) is 7.29. The normalized spacial score (nSPS) is 10.6. The fourth-order valence-electron chi connectivity index (χ4n) is 2.33.